The van der Waals surface area contributed by atoms with Crippen LogP contribution in [0.2, 0.25) is 0 Å². The Bertz CT molecular complexity index is 1100. The van der Waals surface area contributed by atoms with Crippen LogP contribution in [-0.2, 0) is 11.2 Å². The Morgan fingerprint density at radius 3 is 2.85 bits per heavy atom. The molecule has 1 fully saturated rings. The number of nitrogens with one attached hydrogen (secondary N) is 1. The molecule has 1 aliphatic rings. The fourth-order valence-electron chi connectivity index (χ4n) is 3.42. The number of aromatic nitrogens is 2. The molecule has 1 unspecified atom stereocenters. The standard InChI is InChI=1S/C21H21F3N4O4S/c1-13(28-5-7-30-8-6-28)9-18-25-20(33-27-18)26-19(29)15-11-17(31-12-15)14-3-2-4-16(10-14)32-21(22,23)24/h2-4,10-13H,5-9H2,1H3,(H,25,26,27,29). The smallest absolute Gasteiger partial charge is 0.464 e. The zero-order valence-corrected chi connectivity index (χ0v) is 18.4. The molecule has 33 heavy (non-hydrogen) atoms. The van der Waals surface area contributed by atoms with Crippen molar-refractivity contribution in [3.8, 4) is 17.1 Å². The number of ether oxygens (including phenoxy) is 2. The van der Waals surface area contributed by atoms with Crippen molar-refractivity contribution >= 4 is 22.6 Å². The average Bonchev–Trinajstić information content (AvgIpc) is 3.43. The largest absolute Gasteiger partial charge is 0.573 e. The van der Waals surface area contributed by atoms with E-state index < -0.39 is 12.3 Å². The molecule has 8 nitrogen and oxygen atoms in total. The topological polar surface area (TPSA) is 89.7 Å². The number of furan rings is 1. The van der Waals surface area contributed by atoms with Gasteiger partial charge in [0, 0.05) is 42.6 Å². The molecule has 1 N–H and O–H groups in total. The quantitative estimate of drug-likeness (QED) is 0.540. The Morgan fingerprint density at radius 2 is 2.09 bits per heavy atom. The maximum atomic E-state index is 12.6. The van der Waals surface area contributed by atoms with E-state index in [1.54, 1.807) is 6.07 Å². The molecular formula is C21H21F3N4O4S. The summed E-state index contributed by atoms with van der Waals surface area (Å²) in [5.41, 5.74) is 0.539. The molecule has 176 valence electrons. The normalized spacial score (nSPS) is 15.9. The van der Waals surface area contributed by atoms with E-state index in [0.29, 0.717) is 36.2 Å². The zero-order chi connectivity index (χ0) is 23.4. The molecule has 0 radical (unpaired) electrons. The van der Waals surface area contributed by atoms with Gasteiger partial charge in [0.05, 0.1) is 18.8 Å². The van der Waals surface area contributed by atoms with Gasteiger partial charge in [-0.2, -0.15) is 4.37 Å². The first-order valence-electron chi connectivity index (χ1n) is 10.2. The Hall–Kier alpha value is -2.96. The van der Waals surface area contributed by atoms with Gasteiger partial charge < -0.3 is 13.9 Å². The lowest BCUT2D eigenvalue weighted by atomic mass is 10.1. The number of alkyl halides is 3. The number of carbonyl (C=O) groups excluding carboxylic acids is 1. The van der Waals surface area contributed by atoms with Crippen LogP contribution in [-0.4, -0.2) is 58.9 Å². The van der Waals surface area contributed by atoms with Gasteiger partial charge in [0.2, 0.25) is 5.13 Å². The summed E-state index contributed by atoms with van der Waals surface area (Å²) in [6.45, 7) is 5.25. The highest BCUT2D eigenvalue weighted by molar-refractivity contribution is 7.09. The molecular weight excluding hydrogens is 461 g/mol. The van der Waals surface area contributed by atoms with Gasteiger partial charge in [-0.3, -0.25) is 15.0 Å². The van der Waals surface area contributed by atoms with Gasteiger partial charge in [-0.1, -0.05) is 12.1 Å². The van der Waals surface area contributed by atoms with Crippen LogP contribution in [0.5, 0.6) is 5.75 Å². The first-order chi connectivity index (χ1) is 15.8. The highest BCUT2D eigenvalue weighted by Crippen LogP contribution is 2.29. The van der Waals surface area contributed by atoms with Crippen molar-refractivity contribution in [1.29, 1.82) is 0 Å². The van der Waals surface area contributed by atoms with E-state index in [9.17, 15) is 18.0 Å². The van der Waals surface area contributed by atoms with E-state index in [4.69, 9.17) is 9.15 Å². The van der Waals surface area contributed by atoms with Crippen molar-refractivity contribution in [2.45, 2.75) is 25.7 Å². The van der Waals surface area contributed by atoms with Gasteiger partial charge in [-0.25, -0.2) is 4.98 Å². The highest BCUT2D eigenvalue weighted by atomic mass is 32.1. The number of carbonyl (C=O) groups is 1. The van der Waals surface area contributed by atoms with Crippen molar-refractivity contribution < 1.29 is 31.9 Å². The van der Waals surface area contributed by atoms with Gasteiger partial charge in [0.15, 0.2) is 0 Å². The summed E-state index contributed by atoms with van der Waals surface area (Å²) in [4.78, 5) is 19.3. The summed E-state index contributed by atoms with van der Waals surface area (Å²) in [6.07, 6.45) is -2.92. The molecule has 3 heterocycles. The van der Waals surface area contributed by atoms with Crippen LogP contribution in [0.4, 0.5) is 18.3 Å². The van der Waals surface area contributed by atoms with E-state index in [1.165, 1.54) is 30.5 Å². The molecule has 12 heteroatoms. The van der Waals surface area contributed by atoms with Gasteiger partial charge in [0.25, 0.3) is 5.91 Å². The Balaban J connectivity index is 1.37. The van der Waals surface area contributed by atoms with Crippen molar-refractivity contribution in [3.63, 3.8) is 0 Å². The van der Waals surface area contributed by atoms with E-state index >= 15 is 0 Å². The summed E-state index contributed by atoms with van der Waals surface area (Å²) < 4.78 is 56.3. The second-order valence-corrected chi connectivity index (χ2v) is 8.20. The molecule has 1 aliphatic heterocycles. The van der Waals surface area contributed by atoms with Crippen LogP contribution in [0, 0.1) is 0 Å². The van der Waals surface area contributed by atoms with Crippen LogP contribution in [0.25, 0.3) is 11.3 Å². The second-order valence-electron chi connectivity index (χ2n) is 7.45. The summed E-state index contributed by atoms with van der Waals surface area (Å²) in [6, 6.07) is 7.00. The number of rotatable bonds is 7. The molecule has 2 aromatic heterocycles. The van der Waals surface area contributed by atoms with Crippen LogP contribution in [0.1, 0.15) is 23.1 Å². The number of nitrogens with zero attached hydrogens (tertiary/aromatic N) is 3. The van der Waals surface area contributed by atoms with Crippen molar-refractivity contribution in [1.82, 2.24) is 14.3 Å². The van der Waals surface area contributed by atoms with Crippen molar-refractivity contribution in [2.24, 2.45) is 0 Å². The molecule has 1 aromatic carbocycles. The van der Waals surface area contributed by atoms with E-state index in [0.717, 1.165) is 24.6 Å². The van der Waals surface area contributed by atoms with Gasteiger partial charge in [-0.05, 0) is 25.1 Å². The molecule has 1 amide bonds. The van der Waals surface area contributed by atoms with E-state index in [1.807, 2.05) is 0 Å². The Kier molecular flexibility index (Phi) is 6.96. The molecule has 1 atom stereocenters. The summed E-state index contributed by atoms with van der Waals surface area (Å²) in [5, 5.41) is 3.03. The Morgan fingerprint density at radius 1 is 1.30 bits per heavy atom. The van der Waals surface area contributed by atoms with Gasteiger partial charge in [-0.15, -0.1) is 13.2 Å². The maximum absolute atomic E-state index is 12.6. The lowest BCUT2D eigenvalue weighted by molar-refractivity contribution is -0.274. The van der Waals surface area contributed by atoms with E-state index in [2.05, 4.69) is 31.2 Å². The zero-order valence-electron chi connectivity index (χ0n) is 17.6. The van der Waals surface area contributed by atoms with Crippen LogP contribution in [0.15, 0.2) is 41.0 Å². The average molecular weight is 482 g/mol. The number of hydrogen-bond acceptors (Lipinski definition) is 8. The Labute approximate surface area is 191 Å². The third-order valence-electron chi connectivity index (χ3n) is 5.05. The third-order valence-corrected chi connectivity index (χ3v) is 5.72. The first-order valence-corrected chi connectivity index (χ1v) is 10.9. The van der Waals surface area contributed by atoms with Gasteiger partial charge >= 0.3 is 6.36 Å². The number of halogens is 3. The minimum atomic E-state index is -4.80. The minimum absolute atomic E-state index is 0.200. The molecule has 3 aromatic rings. The summed E-state index contributed by atoms with van der Waals surface area (Å²) in [5.74, 6) is 0.0282. The number of anilines is 1. The fourth-order valence-corrected chi connectivity index (χ4v) is 4.01. The molecule has 0 spiro atoms. The molecule has 0 bridgehead atoms. The number of amides is 1. The van der Waals surface area contributed by atoms with Crippen LogP contribution >= 0.6 is 11.5 Å². The first kappa shape index (κ1) is 23.2. The highest BCUT2D eigenvalue weighted by Gasteiger charge is 2.31. The monoisotopic (exact) mass is 482 g/mol. The number of morpholine rings is 1. The number of benzene rings is 1. The third kappa shape index (κ3) is 6.30. The van der Waals surface area contributed by atoms with Crippen molar-refractivity contribution in [3.05, 3.63) is 48.0 Å². The SMILES string of the molecule is CC(Cc1nsc(NC(=O)c2coc(-c3cccc(OC(F)(F)F)c3)c2)n1)N1CCOCC1. The number of hydrogen-bond donors (Lipinski definition) is 1. The fraction of sp³-hybridized carbons (Fsp3) is 0.381. The van der Waals surface area contributed by atoms with Gasteiger partial charge in [0.1, 0.15) is 23.6 Å². The second kappa shape index (κ2) is 9.89. The van der Waals surface area contributed by atoms with E-state index in [-0.39, 0.29) is 23.1 Å². The predicted molar refractivity (Wildman–Crippen MR) is 114 cm³/mol. The lowest BCUT2D eigenvalue weighted by Crippen LogP contribution is -2.43. The van der Waals surface area contributed by atoms with Crippen molar-refractivity contribution in [2.75, 3.05) is 31.6 Å². The minimum Gasteiger partial charge on any atom is -0.464 e. The van der Waals surface area contributed by atoms with Crippen LogP contribution in [0.3, 0.4) is 0 Å². The summed E-state index contributed by atoms with van der Waals surface area (Å²) in [7, 11) is 0. The summed E-state index contributed by atoms with van der Waals surface area (Å²) >= 11 is 1.08. The predicted octanol–water partition coefficient (Wildman–Crippen LogP) is 4.21. The maximum Gasteiger partial charge on any atom is 0.573 e. The van der Waals surface area contributed by atoms with Crippen LogP contribution < -0.4 is 10.1 Å². The molecule has 1 saturated heterocycles. The molecule has 0 saturated carbocycles. The molecule has 0 aliphatic carbocycles. The lowest BCUT2D eigenvalue weighted by Gasteiger charge is -2.31. The molecule has 4 rings (SSSR count).